The maximum Gasteiger partial charge on any atom is 0.248 e. The van der Waals surface area contributed by atoms with Crippen LogP contribution in [0.2, 0.25) is 0 Å². The molecule has 1 saturated heterocycles. The van der Waals surface area contributed by atoms with Crippen LogP contribution < -0.4 is 15.4 Å². The Hall–Kier alpha value is -2.49. The van der Waals surface area contributed by atoms with Gasteiger partial charge in [0.1, 0.15) is 11.5 Å². The smallest absolute Gasteiger partial charge is 0.248 e. The van der Waals surface area contributed by atoms with Crippen LogP contribution in [-0.2, 0) is 0 Å². The molecule has 2 N–H and O–H groups in total. The van der Waals surface area contributed by atoms with Crippen molar-refractivity contribution < 1.29 is 9.53 Å². The Labute approximate surface area is 130 Å². The molecule has 0 bridgehead atoms. The van der Waals surface area contributed by atoms with Crippen molar-refractivity contribution in [3.05, 3.63) is 54.1 Å². The fourth-order valence-electron chi connectivity index (χ4n) is 2.72. The summed E-state index contributed by atoms with van der Waals surface area (Å²) in [5.74, 6) is 1.06. The molecule has 1 aliphatic rings. The number of primary amides is 1. The van der Waals surface area contributed by atoms with Gasteiger partial charge in [-0.15, -0.1) is 0 Å². The second-order valence-electron chi connectivity index (χ2n) is 5.54. The van der Waals surface area contributed by atoms with Crippen LogP contribution in [0.25, 0.3) is 0 Å². The Bertz CT molecular complexity index is 646. The standard InChI is InChI=1S/C18H20N2O2/c19-18(21)14-7-9-16(10-8-14)22-17-6-4-5-15(13-17)20-11-2-1-3-12-20/h4-10,13H,1-3,11-12H2,(H2,19,21). The lowest BCUT2D eigenvalue weighted by molar-refractivity contribution is 0.100. The third-order valence-electron chi connectivity index (χ3n) is 3.91. The van der Waals surface area contributed by atoms with E-state index in [1.54, 1.807) is 24.3 Å². The number of ether oxygens (including phenoxy) is 1. The molecule has 0 aromatic heterocycles. The van der Waals surface area contributed by atoms with Gasteiger partial charge in [0.15, 0.2) is 0 Å². The molecule has 4 nitrogen and oxygen atoms in total. The van der Waals surface area contributed by atoms with Crippen LogP contribution in [-0.4, -0.2) is 19.0 Å². The number of carbonyl (C=O) groups excluding carboxylic acids is 1. The van der Waals surface area contributed by atoms with Crippen molar-refractivity contribution in [3.8, 4) is 11.5 Å². The summed E-state index contributed by atoms with van der Waals surface area (Å²) in [7, 11) is 0. The minimum Gasteiger partial charge on any atom is -0.457 e. The highest BCUT2D eigenvalue weighted by Crippen LogP contribution is 2.27. The van der Waals surface area contributed by atoms with E-state index >= 15 is 0 Å². The average molecular weight is 296 g/mol. The van der Waals surface area contributed by atoms with E-state index in [0.29, 0.717) is 11.3 Å². The number of rotatable bonds is 4. The summed E-state index contributed by atoms with van der Waals surface area (Å²) < 4.78 is 5.87. The molecule has 0 atom stereocenters. The zero-order valence-corrected chi connectivity index (χ0v) is 12.5. The van der Waals surface area contributed by atoms with E-state index in [1.807, 2.05) is 12.1 Å². The highest BCUT2D eigenvalue weighted by atomic mass is 16.5. The number of nitrogens with zero attached hydrogens (tertiary/aromatic N) is 1. The van der Waals surface area contributed by atoms with Crippen LogP contribution in [0.15, 0.2) is 48.5 Å². The Morgan fingerprint density at radius 3 is 2.36 bits per heavy atom. The number of piperidine rings is 1. The molecular formula is C18H20N2O2. The van der Waals surface area contributed by atoms with E-state index in [0.717, 1.165) is 18.8 Å². The Morgan fingerprint density at radius 2 is 1.68 bits per heavy atom. The first-order valence-electron chi connectivity index (χ1n) is 7.65. The van der Waals surface area contributed by atoms with E-state index in [2.05, 4.69) is 17.0 Å². The van der Waals surface area contributed by atoms with Gasteiger partial charge in [-0.1, -0.05) is 6.07 Å². The lowest BCUT2D eigenvalue weighted by Gasteiger charge is -2.29. The maximum absolute atomic E-state index is 11.1. The number of amides is 1. The third kappa shape index (κ3) is 3.39. The summed E-state index contributed by atoms with van der Waals surface area (Å²) in [6.07, 6.45) is 3.82. The summed E-state index contributed by atoms with van der Waals surface area (Å²) in [5.41, 5.74) is 6.91. The van der Waals surface area contributed by atoms with Crippen LogP contribution in [0.3, 0.4) is 0 Å². The third-order valence-corrected chi connectivity index (χ3v) is 3.91. The molecule has 1 aliphatic heterocycles. The lowest BCUT2D eigenvalue weighted by Crippen LogP contribution is -2.29. The van der Waals surface area contributed by atoms with Crippen molar-refractivity contribution in [3.63, 3.8) is 0 Å². The van der Waals surface area contributed by atoms with Gasteiger partial charge in [0.25, 0.3) is 0 Å². The number of carbonyl (C=O) groups is 1. The van der Waals surface area contributed by atoms with Crippen molar-refractivity contribution in [1.82, 2.24) is 0 Å². The number of hydrogen-bond donors (Lipinski definition) is 1. The second kappa shape index (κ2) is 6.52. The molecule has 22 heavy (non-hydrogen) atoms. The quantitative estimate of drug-likeness (QED) is 0.938. The molecule has 1 heterocycles. The molecule has 0 spiro atoms. The summed E-state index contributed by atoms with van der Waals surface area (Å²) in [5, 5.41) is 0. The van der Waals surface area contributed by atoms with Crippen LogP contribution in [0.4, 0.5) is 5.69 Å². The van der Waals surface area contributed by atoms with E-state index in [-0.39, 0.29) is 0 Å². The summed E-state index contributed by atoms with van der Waals surface area (Å²) in [4.78, 5) is 13.5. The van der Waals surface area contributed by atoms with Crippen molar-refractivity contribution in [2.45, 2.75) is 19.3 Å². The molecule has 3 rings (SSSR count). The highest BCUT2D eigenvalue weighted by molar-refractivity contribution is 5.92. The number of anilines is 1. The first-order valence-corrected chi connectivity index (χ1v) is 7.65. The Balaban J connectivity index is 1.73. The van der Waals surface area contributed by atoms with Crippen molar-refractivity contribution >= 4 is 11.6 Å². The van der Waals surface area contributed by atoms with Gasteiger partial charge < -0.3 is 15.4 Å². The fraction of sp³-hybridized carbons (Fsp3) is 0.278. The van der Waals surface area contributed by atoms with Crippen molar-refractivity contribution in [2.75, 3.05) is 18.0 Å². The second-order valence-corrected chi connectivity index (χ2v) is 5.54. The largest absolute Gasteiger partial charge is 0.457 e. The Kier molecular flexibility index (Phi) is 4.28. The molecule has 1 fully saturated rings. The number of nitrogens with two attached hydrogens (primary N) is 1. The van der Waals surface area contributed by atoms with Gasteiger partial charge in [-0.05, 0) is 55.7 Å². The van der Waals surface area contributed by atoms with Gasteiger partial charge in [-0.25, -0.2) is 0 Å². The molecule has 0 aliphatic carbocycles. The summed E-state index contributed by atoms with van der Waals surface area (Å²) in [6.45, 7) is 2.22. The molecule has 1 amide bonds. The number of benzene rings is 2. The minimum absolute atomic E-state index is 0.432. The van der Waals surface area contributed by atoms with Crippen LogP contribution in [0, 0.1) is 0 Å². The van der Waals surface area contributed by atoms with Gasteiger partial charge in [0.2, 0.25) is 5.91 Å². The van der Waals surface area contributed by atoms with Gasteiger partial charge in [-0.3, -0.25) is 4.79 Å². The Morgan fingerprint density at radius 1 is 0.955 bits per heavy atom. The zero-order valence-electron chi connectivity index (χ0n) is 12.5. The number of hydrogen-bond acceptors (Lipinski definition) is 3. The normalized spacial score (nSPS) is 14.6. The predicted molar refractivity (Wildman–Crippen MR) is 87.5 cm³/mol. The van der Waals surface area contributed by atoms with Gasteiger partial charge in [0, 0.05) is 30.4 Å². The van der Waals surface area contributed by atoms with Crippen molar-refractivity contribution in [1.29, 1.82) is 0 Å². The molecule has 2 aromatic carbocycles. The van der Waals surface area contributed by atoms with Crippen LogP contribution in [0.1, 0.15) is 29.6 Å². The van der Waals surface area contributed by atoms with E-state index < -0.39 is 5.91 Å². The minimum atomic E-state index is -0.432. The predicted octanol–water partition coefficient (Wildman–Crippen LogP) is 3.57. The molecule has 0 unspecified atom stereocenters. The topological polar surface area (TPSA) is 55.6 Å². The summed E-state index contributed by atoms with van der Waals surface area (Å²) in [6, 6.07) is 15.0. The van der Waals surface area contributed by atoms with Crippen molar-refractivity contribution in [2.24, 2.45) is 5.73 Å². The average Bonchev–Trinajstić information content (AvgIpc) is 2.56. The summed E-state index contributed by atoms with van der Waals surface area (Å²) >= 11 is 0. The van der Waals surface area contributed by atoms with Crippen LogP contribution in [0.5, 0.6) is 11.5 Å². The first kappa shape index (κ1) is 14.4. The monoisotopic (exact) mass is 296 g/mol. The fourth-order valence-corrected chi connectivity index (χ4v) is 2.72. The first-order chi connectivity index (χ1) is 10.7. The van der Waals surface area contributed by atoms with E-state index in [4.69, 9.17) is 10.5 Å². The molecule has 114 valence electrons. The van der Waals surface area contributed by atoms with Crippen LogP contribution >= 0.6 is 0 Å². The zero-order chi connectivity index (χ0) is 15.4. The molecular weight excluding hydrogens is 276 g/mol. The SMILES string of the molecule is NC(=O)c1ccc(Oc2cccc(N3CCCCC3)c2)cc1. The maximum atomic E-state index is 11.1. The molecule has 2 aromatic rings. The molecule has 0 saturated carbocycles. The lowest BCUT2D eigenvalue weighted by atomic mass is 10.1. The van der Waals surface area contributed by atoms with Gasteiger partial charge in [-0.2, -0.15) is 0 Å². The van der Waals surface area contributed by atoms with E-state index in [9.17, 15) is 4.79 Å². The van der Waals surface area contributed by atoms with Gasteiger partial charge in [0.05, 0.1) is 0 Å². The molecule has 0 radical (unpaired) electrons. The van der Waals surface area contributed by atoms with E-state index in [1.165, 1.54) is 24.9 Å². The van der Waals surface area contributed by atoms with Gasteiger partial charge >= 0.3 is 0 Å². The molecule has 4 heteroatoms. The highest BCUT2D eigenvalue weighted by Gasteiger charge is 2.11.